The van der Waals surface area contributed by atoms with E-state index in [1.807, 2.05) is 13.4 Å². The zero-order valence-electron chi connectivity index (χ0n) is 10.4. The van der Waals surface area contributed by atoms with Gasteiger partial charge in [0.1, 0.15) is 5.52 Å². The molecule has 3 rings (SSSR count). The van der Waals surface area contributed by atoms with Crippen molar-refractivity contribution < 1.29 is 0 Å². The van der Waals surface area contributed by atoms with Gasteiger partial charge in [-0.3, -0.25) is 0 Å². The standard InChI is InChI=1S/C12H16ClN5/c1-14-10-9-11(17-12(13)16-10)15-7-18(9)8-5-3-2-4-6-8/h7-8H,2-6H2,1H3,(H,14,16,17). The summed E-state index contributed by atoms with van der Waals surface area (Å²) in [4.78, 5) is 12.8. The van der Waals surface area contributed by atoms with Gasteiger partial charge in [0.15, 0.2) is 11.5 Å². The monoisotopic (exact) mass is 265 g/mol. The maximum absolute atomic E-state index is 5.89. The summed E-state index contributed by atoms with van der Waals surface area (Å²) in [5.74, 6) is 0.757. The molecule has 2 heterocycles. The van der Waals surface area contributed by atoms with Crippen LogP contribution in [-0.4, -0.2) is 26.6 Å². The third kappa shape index (κ3) is 1.92. The number of imidazole rings is 1. The first-order valence-electron chi connectivity index (χ1n) is 6.37. The fourth-order valence-corrected chi connectivity index (χ4v) is 2.89. The highest BCUT2D eigenvalue weighted by Gasteiger charge is 2.20. The van der Waals surface area contributed by atoms with Gasteiger partial charge in [0, 0.05) is 13.1 Å². The van der Waals surface area contributed by atoms with Gasteiger partial charge in [0.2, 0.25) is 5.28 Å². The van der Waals surface area contributed by atoms with Crippen molar-refractivity contribution >= 4 is 28.6 Å². The predicted molar refractivity (Wildman–Crippen MR) is 72.0 cm³/mol. The van der Waals surface area contributed by atoms with E-state index in [-0.39, 0.29) is 5.28 Å². The van der Waals surface area contributed by atoms with Crippen LogP contribution in [0.2, 0.25) is 5.28 Å². The van der Waals surface area contributed by atoms with E-state index in [0.717, 1.165) is 11.3 Å². The number of hydrogen-bond acceptors (Lipinski definition) is 4. The minimum Gasteiger partial charge on any atom is -0.371 e. The number of nitrogens with one attached hydrogen (secondary N) is 1. The van der Waals surface area contributed by atoms with Crippen LogP contribution in [0.5, 0.6) is 0 Å². The molecule has 1 fully saturated rings. The van der Waals surface area contributed by atoms with Gasteiger partial charge in [0.05, 0.1) is 6.33 Å². The molecule has 0 saturated heterocycles. The predicted octanol–water partition coefficient (Wildman–Crippen LogP) is 3.03. The van der Waals surface area contributed by atoms with Crippen molar-refractivity contribution in [3.8, 4) is 0 Å². The van der Waals surface area contributed by atoms with Crippen LogP contribution in [-0.2, 0) is 0 Å². The number of anilines is 1. The molecule has 5 nitrogen and oxygen atoms in total. The molecule has 6 heteroatoms. The Morgan fingerprint density at radius 2 is 2.06 bits per heavy atom. The number of halogens is 1. The molecule has 0 unspecified atom stereocenters. The van der Waals surface area contributed by atoms with Crippen LogP contribution in [0, 0.1) is 0 Å². The lowest BCUT2D eigenvalue weighted by molar-refractivity contribution is 0.359. The van der Waals surface area contributed by atoms with Crippen LogP contribution >= 0.6 is 11.6 Å². The average Bonchev–Trinajstić information content (AvgIpc) is 2.82. The lowest BCUT2D eigenvalue weighted by Crippen LogP contribution is -2.13. The zero-order chi connectivity index (χ0) is 12.5. The summed E-state index contributed by atoms with van der Waals surface area (Å²) in [5, 5.41) is 3.32. The van der Waals surface area contributed by atoms with Crippen LogP contribution in [0.1, 0.15) is 38.1 Å². The lowest BCUT2D eigenvalue weighted by atomic mass is 9.95. The molecule has 0 atom stereocenters. The molecule has 1 saturated carbocycles. The average molecular weight is 266 g/mol. The van der Waals surface area contributed by atoms with E-state index in [1.54, 1.807) is 0 Å². The van der Waals surface area contributed by atoms with E-state index < -0.39 is 0 Å². The summed E-state index contributed by atoms with van der Waals surface area (Å²) in [6.07, 6.45) is 8.19. The van der Waals surface area contributed by atoms with E-state index in [0.29, 0.717) is 11.7 Å². The minimum absolute atomic E-state index is 0.237. The molecule has 1 aliphatic carbocycles. The Bertz CT molecular complexity index is 559. The van der Waals surface area contributed by atoms with Crippen LogP contribution < -0.4 is 5.32 Å². The quantitative estimate of drug-likeness (QED) is 0.848. The Morgan fingerprint density at radius 3 is 2.78 bits per heavy atom. The molecule has 0 amide bonds. The van der Waals surface area contributed by atoms with Gasteiger partial charge in [-0.1, -0.05) is 19.3 Å². The van der Waals surface area contributed by atoms with Crippen LogP contribution in [0.4, 0.5) is 5.82 Å². The Labute approximate surface area is 111 Å². The van der Waals surface area contributed by atoms with E-state index in [2.05, 4.69) is 24.8 Å². The normalized spacial score (nSPS) is 17.2. The Balaban J connectivity index is 2.11. The van der Waals surface area contributed by atoms with Crippen LogP contribution in [0.3, 0.4) is 0 Å². The van der Waals surface area contributed by atoms with Crippen molar-refractivity contribution in [2.24, 2.45) is 0 Å². The Morgan fingerprint density at radius 1 is 1.28 bits per heavy atom. The molecule has 1 aliphatic rings. The number of nitrogens with zero attached hydrogens (tertiary/aromatic N) is 4. The lowest BCUT2D eigenvalue weighted by Gasteiger charge is -2.23. The molecular weight excluding hydrogens is 250 g/mol. The smallest absolute Gasteiger partial charge is 0.226 e. The second kappa shape index (κ2) is 4.72. The van der Waals surface area contributed by atoms with Gasteiger partial charge in [-0.25, -0.2) is 4.98 Å². The maximum atomic E-state index is 5.89. The molecule has 0 aliphatic heterocycles. The highest BCUT2D eigenvalue weighted by Crippen LogP contribution is 2.32. The SMILES string of the molecule is CNc1nc(Cl)nc2ncn(C3CCCCC3)c12. The number of rotatable bonds is 2. The van der Waals surface area contributed by atoms with Gasteiger partial charge in [-0.05, 0) is 24.4 Å². The molecule has 2 aromatic rings. The van der Waals surface area contributed by atoms with Gasteiger partial charge < -0.3 is 9.88 Å². The molecule has 0 spiro atoms. The summed E-state index contributed by atoms with van der Waals surface area (Å²) < 4.78 is 2.21. The van der Waals surface area contributed by atoms with Crippen molar-refractivity contribution in [1.82, 2.24) is 19.5 Å². The van der Waals surface area contributed by atoms with Gasteiger partial charge in [-0.15, -0.1) is 0 Å². The van der Waals surface area contributed by atoms with E-state index >= 15 is 0 Å². The Kier molecular flexibility index (Phi) is 3.07. The summed E-state index contributed by atoms with van der Waals surface area (Å²) in [6.45, 7) is 0. The van der Waals surface area contributed by atoms with Crippen molar-refractivity contribution in [1.29, 1.82) is 0 Å². The van der Waals surface area contributed by atoms with E-state index in [9.17, 15) is 0 Å². The second-order valence-electron chi connectivity index (χ2n) is 4.71. The third-order valence-electron chi connectivity index (χ3n) is 3.61. The minimum atomic E-state index is 0.237. The zero-order valence-corrected chi connectivity index (χ0v) is 11.1. The highest BCUT2D eigenvalue weighted by atomic mass is 35.5. The summed E-state index contributed by atoms with van der Waals surface area (Å²) in [6, 6.07) is 0.514. The van der Waals surface area contributed by atoms with Crippen molar-refractivity contribution in [3.05, 3.63) is 11.6 Å². The molecule has 1 N–H and O–H groups in total. The topological polar surface area (TPSA) is 55.6 Å². The summed E-state index contributed by atoms with van der Waals surface area (Å²) in [7, 11) is 1.84. The third-order valence-corrected chi connectivity index (χ3v) is 3.77. The van der Waals surface area contributed by atoms with E-state index in [4.69, 9.17) is 11.6 Å². The summed E-state index contributed by atoms with van der Waals surface area (Å²) in [5.41, 5.74) is 1.64. The molecule has 2 aromatic heterocycles. The number of fused-ring (bicyclic) bond motifs is 1. The maximum Gasteiger partial charge on any atom is 0.226 e. The van der Waals surface area contributed by atoms with Gasteiger partial charge in [-0.2, -0.15) is 9.97 Å². The molecule has 0 bridgehead atoms. The molecular formula is C12H16ClN5. The first kappa shape index (κ1) is 11.7. The highest BCUT2D eigenvalue weighted by molar-refractivity contribution is 6.28. The molecule has 96 valence electrons. The number of hydrogen-bond donors (Lipinski definition) is 1. The largest absolute Gasteiger partial charge is 0.371 e. The first-order valence-corrected chi connectivity index (χ1v) is 6.75. The van der Waals surface area contributed by atoms with Crippen molar-refractivity contribution in [3.63, 3.8) is 0 Å². The molecule has 0 aromatic carbocycles. The second-order valence-corrected chi connectivity index (χ2v) is 5.05. The number of aromatic nitrogens is 4. The summed E-state index contributed by atoms with van der Waals surface area (Å²) >= 11 is 5.89. The van der Waals surface area contributed by atoms with E-state index in [1.165, 1.54) is 32.1 Å². The van der Waals surface area contributed by atoms with Gasteiger partial charge in [0.25, 0.3) is 0 Å². The first-order chi connectivity index (χ1) is 8.79. The fraction of sp³-hybridized carbons (Fsp3) is 0.583. The Hall–Kier alpha value is -1.36. The van der Waals surface area contributed by atoms with Crippen molar-refractivity contribution in [2.45, 2.75) is 38.1 Å². The molecule has 18 heavy (non-hydrogen) atoms. The molecule has 0 radical (unpaired) electrons. The van der Waals surface area contributed by atoms with Crippen molar-refractivity contribution in [2.75, 3.05) is 12.4 Å². The van der Waals surface area contributed by atoms with Crippen LogP contribution in [0.15, 0.2) is 6.33 Å². The fourth-order valence-electron chi connectivity index (χ4n) is 2.73. The van der Waals surface area contributed by atoms with Gasteiger partial charge >= 0.3 is 0 Å². The van der Waals surface area contributed by atoms with Crippen LogP contribution in [0.25, 0.3) is 11.2 Å².